The molecule has 0 aliphatic carbocycles. The van der Waals surface area contributed by atoms with Crippen molar-refractivity contribution in [2.45, 2.75) is 31.1 Å². The van der Waals surface area contributed by atoms with Gasteiger partial charge in [-0.1, -0.05) is 0 Å². The average molecular weight is 261 g/mol. The van der Waals surface area contributed by atoms with Crippen molar-refractivity contribution in [2.75, 3.05) is 0 Å². The van der Waals surface area contributed by atoms with E-state index in [1.54, 1.807) is 0 Å². The molecule has 0 nitrogen and oxygen atoms in total. The summed E-state index contributed by atoms with van der Waals surface area (Å²) in [5, 5.41) is 0. The van der Waals surface area contributed by atoms with E-state index in [4.69, 9.17) is 22.2 Å². The van der Waals surface area contributed by atoms with Crippen LogP contribution in [0.3, 0.4) is 0 Å². The van der Waals surface area contributed by atoms with Crippen LogP contribution >= 0.6 is 22.2 Å². The first-order chi connectivity index (χ1) is 5.46. The fraction of sp³-hybridized carbons (Fsp3) is 1.00. The van der Waals surface area contributed by atoms with Crippen molar-refractivity contribution in [1.82, 2.24) is 0 Å². The number of hydrogen-bond donors (Lipinski definition) is 0. The SMILES string of the molecule is C[Si](Cl)(Cl)CCC(F)(F)C(F)(F)F. The van der Waals surface area contributed by atoms with Crippen molar-refractivity contribution < 1.29 is 22.0 Å². The van der Waals surface area contributed by atoms with Gasteiger partial charge >= 0.3 is 12.1 Å². The van der Waals surface area contributed by atoms with Crippen molar-refractivity contribution in [3.05, 3.63) is 0 Å². The number of rotatable bonds is 3. The third-order valence-electron chi connectivity index (χ3n) is 1.29. The monoisotopic (exact) mass is 260 g/mol. The van der Waals surface area contributed by atoms with Crippen LogP contribution in [0.5, 0.6) is 0 Å². The van der Waals surface area contributed by atoms with Gasteiger partial charge in [-0.15, -0.1) is 22.2 Å². The highest BCUT2D eigenvalue weighted by Gasteiger charge is 2.57. The average Bonchev–Trinajstić information content (AvgIpc) is 1.79. The topological polar surface area (TPSA) is 0 Å². The zero-order chi connectivity index (χ0) is 10.9. The molecule has 0 spiro atoms. The summed E-state index contributed by atoms with van der Waals surface area (Å²) in [6, 6.07) is -0.484. The van der Waals surface area contributed by atoms with Crippen molar-refractivity contribution in [3.8, 4) is 0 Å². The van der Waals surface area contributed by atoms with Gasteiger partial charge in [0.25, 0.3) is 0 Å². The molecular weight excluding hydrogens is 254 g/mol. The lowest BCUT2D eigenvalue weighted by Gasteiger charge is -2.21. The van der Waals surface area contributed by atoms with E-state index in [-0.39, 0.29) is 0 Å². The number of hydrogen-bond acceptors (Lipinski definition) is 0. The number of halogens is 7. The van der Waals surface area contributed by atoms with Crippen molar-refractivity contribution in [2.24, 2.45) is 0 Å². The molecule has 0 radical (unpaired) electrons. The Morgan fingerprint density at radius 2 is 1.46 bits per heavy atom. The highest BCUT2D eigenvalue weighted by molar-refractivity contribution is 7.44. The molecule has 0 aliphatic heterocycles. The third-order valence-corrected chi connectivity index (χ3v) is 3.55. The molecule has 0 N–H and O–H groups in total. The van der Waals surface area contributed by atoms with E-state index in [9.17, 15) is 22.0 Å². The Morgan fingerprint density at radius 1 is 1.08 bits per heavy atom. The predicted octanol–water partition coefficient (Wildman–Crippen LogP) is 4.12. The van der Waals surface area contributed by atoms with Gasteiger partial charge in [-0.05, 0) is 12.6 Å². The molecule has 0 atom stereocenters. The van der Waals surface area contributed by atoms with Crippen LogP contribution in [0.15, 0.2) is 0 Å². The molecule has 0 fully saturated rings. The minimum absolute atomic E-state index is 0.484. The summed E-state index contributed by atoms with van der Waals surface area (Å²) in [6.45, 7) is -1.59. The molecule has 0 bridgehead atoms. The molecule has 0 saturated heterocycles. The first kappa shape index (κ1) is 13.4. The fourth-order valence-corrected chi connectivity index (χ4v) is 1.84. The zero-order valence-electron chi connectivity index (χ0n) is 6.56. The molecule has 13 heavy (non-hydrogen) atoms. The first-order valence-corrected chi connectivity index (χ1v) is 8.01. The Kier molecular flexibility index (Phi) is 4.04. The lowest BCUT2D eigenvalue weighted by atomic mass is 10.2. The minimum Gasteiger partial charge on any atom is -0.196 e. The third kappa shape index (κ3) is 5.02. The summed E-state index contributed by atoms with van der Waals surface area (Å²) < 4.78 is 59.2. The van der Waals surface area contributed by atoms with Crippen molar-refractivity contribution >= 4 is 28.9 Å². The summed E-state index contributed by atoms with van der Waals surface area (Å²) >= 11 is 10.8. The molecule has 0 rings (SSSR count). The predicted molar refractivity (Wildman–Crippen MR) is 43.8 cm³/mol. The normalized spacial score (nSPS) is 14.8. The second-order valence-electron chi connectivity index (χ2n) is 2.77. The van der Waals surface area contributed by atoms with E-state index < -0.39 is 31.3 Å². The zero-order valence-corrected chi connectivity index (χ0v) is 9.07. The maximum absolute atomic E-state index is 12.2. The fourth-order valence-electron chi connectivity index (χ4n) is 0.518. The molecule has 0 saturated carbocycles. The van der Waals surface area contributed by atoms with E-state index >= 15 is 0 Å². The molecule has 0 aliphatic rings. The maximum atomic E-state index is 12.2. The highest BCUT2D eigenvalue weighted by atomic mass is 35.7. The van der Waals surface area contributed by atoms with E-state index in [1.165, 1.54) is 6.55 Å². The molecule has 0 aromatic carbocycles. The summed E-state index contributed by atoms with van der Waals surface area (Å²) in [6.07, 6.45) is -6.85. The van der Waals surface area contributed by atoms with Crippen LogP contribution in [0.2, 0.25) is 12.6 Å². The lowest BCUT2D eigenvalue weighted by Crippen LogP contribution is -2.37. The van der Waals surface area contributed by atoms with Gasteiger partial charge in [-0.2, -0.15) is 22.0 Å². The van der Waals surface area contributed by atoms with Gasteiger partial charge in [-0.3, -0.25) is 0 Å². The van der Waals surface area contributed by atoms with Crippen molar-refractivity contribution in [1.29, 1.82) is 0 Å². The molecule has 80 valence electrons. The summed E-state index contributed by atoms with van der Waals surface area (Å²) in [4.78, 5) is 0. The molecule has 8 heteroatoms. The Labute approximate surface area is 82.4 Å². The Bertz CT molecular complexity index is 173. The smallest absolute Gasteiger partial charge is 0.196 e. The first-order valence-electron chi connectivity index (χ1n) is 3.28. The van der Waals surface area contributed by atoms with Crippen LogP contribution in [0.4, 0.5) is 22.0 Å². The van der Waals surface area contributed by atoms with E-state index in [1.807, 2.05) is 0 Å². The van der Waals surface area contributed by atoms with Gasteiger partial charge in [0.05, 0.1) is 0 Å². The Balaban J connectivity index is 4.21. The molecule has 0 aromatic rings. The van der Waals surface area contributed by atoms with Gasteiger partial charge in [0.1, 0.15) is 0 Å². The summed E-state index contributed by atoms with van der Waals surface area (Å²) in [7, 11) is 0. The molecule has 0 heterocycles. The van der Waals surface area contributed by atoms with E-state index in [0.29, 0.717) is 0 Å². The van der Waals surface area contributed by atoms with Crippen LogP contribution in [0.25, 0.3) is 0 Å². The van der Waals surface area contributed by atoms with E-state index in [2.05, 4.69) is 0 Å². The van der Waals surface area contributed by atoms with Crippen LogP contribution in [-0.4, -0.2) is 18.8 Å². The van der Waals surface area contributed by atoms with Gasteiger partial charge in [0.2, 0.25) is 6.69 Å². The summed E-state index contributed by atoms with van der Waals surface area (Å²) in [5.74, 6) is -4.69. The molecular formula is C5H7Cl2F5Si. The number of alkyl halides is 5. The van der Waals surface area contributed by atoms with Gasteiger partial charge < -0.3 is 0 Å². The Morgan fingerprint density at radius 3 is 1.69 bits per heavy atom. The second-order valence-corrected chi connectivity index (χ2v) is 11.0. The maximum Gasteiger partial charge on any atom is 0.453 e. The summed E-state index contributed by atoms with van der Waals surface area (Å²) in [5.41, 5.74) is 0. The standard InChI is InChI=1S/C5H7Cl2F5Si/c1-13(6,7)3-2-4(8,9)5(10,11)12/h2-3H2,1H3. The molecule has 0 unspecified atom stereocenters. The van der Waals surface area contributed by atoms with Gasteiger partial charge in [0.15, 0.2) is 0 Å². The van der Waals surface area contributed by atoms with Crippen LogP contribution in [-0.2, 0) is 0 Å². The molecule has 0 amide bonds. The van der Waals surface area contributed by atoms with Gasteiger partial charge in [0, 0.05) is 6.42 Å². The highest BCUT2D eigenvalue weighted by Crippen LogP contribution is 2.41. The van der Waals surface area contributed by atoms with Crippen molar-refractivity contribution in [3.63, 3.8) is 0 Å². The Hall–Kier alpha value is 0.447. The quantitative estimate of drug-likeness (QED) is 0.407. The molecule has 0 aromatic heterocycles. The van der Waals surface area contributed by atoms with Gasteiger partial charge in [-0.25, -0.2) is 0 Å². The minimum atomic E-state index is -5.51. The van der Waals surface area contributed by atoms with Crippen LogP contribution in [0.1, 0.15) is 6.42 Å². The van der Waals surface area contributed by atoms with Crippen LogP contribution in [0, 0.1) is 0 Å². The van der Waals surface area contributed by atoms with E-state index in [0.717, 1.165) is 0 Å². The lowest BCUT2D eigenvalue weighted by molar-refractivity contribution is -0.282. The second kappa shape index (κ2) is 3.90. The van der Waals surface area contributed by atoms with Crippen LogP contribution < -0.4 is 0 Å². The largest absolute Gasteiger partial charge is 0.453 e.